The second-order valence-corrected chi connectivity index (χ2v) is 2.70. The van der Waals surface area contributed by atoms with Gasteiger partial charge in [-0.25, -0.2) is 0 Å². The number of hydrogen-bond acceptors (Lipinski definition) is 4. The van der Waals surface area contributed by atoms with Gasteiger partial charge in [-0.05, 0) is 12.1 Å². The summed E-state index contributed by atoms with van der Waals surface area (Å²) in [6.07, 6.45) is 0. The number of hydrogen-bond donors (Lipinski definition) is 3. The van der Waals surface area contributed by atoms with E-state index in [-0.39, 0.29) is 6.54 Å². The van der Waals surface area contributed by atoms with Crippen LogP contribution in [0.1, 0.15) is 0 Å². The van der Waals surface area contributed by atoms with E-state index in [0.717, 1.165) is 0 Å². The Morgan fingerprint density at radius 3 is 2.86 bits per heavy atom. The van der Waals surface area contributed by atoms with Crippen LogP contribution >= 0.6 is 0 Å². The molecule has 0 spiro atoms. The first-order chi connectivity index (χ1) is 6.63. The first-order valence-electron chi connectivity index (χ1n) is 4.02. The normalized spacial score (nSPS) is 9.50. The molecule has 14 heavy (non-hydrogen) atoms. The van der Waals surface area contributed by atoms with Crippen molar-refractivity contribution < 1.29 is 14.6 Å². The maximum Gasteiger partial charge on any atom is 0.322 e. The van der Waals surface area contributed by atoms with E-state index in [1.165, 1.54) is 0 Å². The second-order valence-electron chi connectivity index (χ2n) is 2.70. The van der Waals surface area contributed by atoms with Gasteiger partial charge < -0.3 is 20.9 Å². The summed E-state index contributed by atoms with van der Waals surface area (Å²) in [5, 5.41) is 11.1. The zero-order chi connectivity index (χ0) is 10.6. The van der Waals surface area contributed by atoms with Gasteiger partial charge in [-0.2, -0.15) is 0 Å². The van der Waals surface area contributed by atoms with E-state index in [2.05, 4.69) is 5.32 Å². The Kier molecular flexibility index (Phi) is 3.17. The number of anilines is 2. The van der Waals surface area contributed by atoms with E-state index in [1.54, 1.807) is 25.3 Å². The lowest BCUT2D eigenvalue weighted by Gasteiger charge is -2.08. The first-order valence-corrected chi connectivity index (χ1v) is 4.02. The van der Waals surface area contributed by atoms with Gasteiger partial charge in [-0.3, -0.25) is 4.79 Å². The lowest BCUT2D eigenvalue weighted by molar-refractivity contribution is -0.134. The van der Waals surface area contributed by atoms with Crippen LogP contribution in [0.25, 0.3) is 0 Å². The molecule has 0 aliphatic heterocycles. The van der Waals surface area contributed by atoms with Crippen LogP contribution in [0.5, 0.6) is 5.75 Å². The number of ether oxygens (including phenoxy) is 1. The molecular weight excluding hydrogens is 184 g/mol. The van der Waals surface area contributed by atoms with Crippen LogP contribution in [-0.2, 0) is 4.79 Å². The highest BCUT2D eigenvalue weighted by atomic mass is 16.5. The molecule has 0 saturated heterocycles. The summed E-state index contributed by atoms with van der Waals surface area (Å²) in [6, 6.07) is 5.02. The number of benzene rings is 1. The molecule has 0 atom stereocenters. The fourth-order valence-corrected chi connectivity index (χ4v) is 1.000. The van der Waals surface area contributed by atoms with Gasteiger partial charge in [0.25, 0.3) is 0 Å². The number of nitrogens with two attached hydrogens (primary N) is 1. The molecule has 0 saturated carbocycles. The van der Waals surface area contributed by atoms with Gasteiger partial charge in [0.2, 0.25) is 0 Å². The quantitative estimate of drug-likeness (QED) is 0.619. The predicted octanol–water partition coefficient (Wildman–Crippen LogP) is 0.774. The average molecular weight is 196 g/mol. The highest BCUT2D eigenvalue weighted by Gasteiger charge is 2.02. The van der Waals surface area contributed by atoms with E-state index in [9.17, 15) is 4.79 Å². The Bertz CT molecular complexity index is 339. The Labute approximate surface area is 81.5 Å². The lowest BCUT2D eigenvalue weighted by Crippen LogP contribution is -2.13. The highest BCUT2D eigenvalue weighted by molar-refractivity contribution is 5.76. The molecule has 0 fully saturated rings. The largest absolute Gasteiger partial charge is 0.497 e. The van der Waals surface area contributed by atoms with Crippen molar-refractivity contribution in [1.82, 2.24) is 0 Å². The molecule has 5 nitrogen and oxygen atoms in total. The number of aliphatic carboxylic acids is 1. The number of methoxy groups -OCH3 is 1. The number of rotatable bonds is 4. The minimum absolute atomic E-state index is 0.156. The molecule has 1 rings (SSSR count). The van der Waals surface area contributed by atoms with Crippen molar-refractivity contribution >= 4 is 17.3 Å². The SMILES string of the molecule is COc1ccc(NCC(=O)O)c(N)c1. The molecular formula is C9H12N2O3. The zero-order valence-corrected chi connectivity index (χ0v) is 7.78. The van der Waals surface area contributed by atoms with Gasteiger partial charge in [-0.1, -0.05) is 0 Å². The minimum Gasteiger partial charge on any atom is -0.497 e. The summed E-state index contributed by atoms with van der Waals surface area (Å²) in [6.45, 7) is -0.156. The van der Waals surface area contributed by atoms with Crippen molar-refractivity contribution in [3.8, 4) is 5.75 Å². The molecule has 1 aromatic carbocycles. The standard InChI is InChI=1S/C9H12N2O3/c1-14-6-2-3-8(7(10)4-6)11-5-9(12)13/h2-4,11H,5,10H2,1H3,(H,12,13). The van der Waals surface area contributed by atoms with E-state index in [1.807, 2.05) is 0 Å². The minimum atomic E-state index is -0.930. The third-order valence-electron chi connectivity index (χ3n) is 1.69. The number of nitrogen functional groups attached to an aromatic ring is 1. The van der Waals surface area contributed by atoms with E-state index in [4.69, 9.17) is 15.6 Å². The molecule has 1 aromatic rings. The summed E-state index contributed by atoms with van der Waals surface area (Å²) < 4.78 is 4.95. The van der Waals surface area contributed by atoms with Gasteiger partial charge in [-0.15, -0.1) is 0 Å². The second kappa shape index (κ2) is 4.36. The van der Waals surface area contributed by atoms with Crippen LogP contribution in [0.3, 0.4) is 0 Å². The number of carbonyl (C=O) groups is 1. The van der Waals surface area contributed by atoms with E-state index >= 15 is 0 Å². The Hall–Kier alpha value is -1.91. The number of carboxylic acids is 1. The molecule has 0 heterocycles. The number of carboxylic acid groups (broad SMARTS) is 1. The fraction of sp³-hybridized carbons (Fsp3) is 0.222. The summed E-state index contributed by atoms with van der Waals surface area (Å²) in [7, 11) is 1.54. The first kappa shape index (κ1) is 10.2. The molecule has 5 heteroatoms. The van der Waals surface area contributed by atoms with Gasteiger partial charge in [0.1, 0.15) is 12.3 Å². The van der Waals surface area contributed by atoms with Crippen molar-refractivity contribution in [1.29, 1.82) is 0 Å². The molecule has 4 N–H and O–H groups in total. The van der Waals surface area contributed by atoms with Crippen LogP contribution in [0.4, 0.5) is 11.4 Å². The summed E-state index contributed by atoms with van der Waals surface area (Å²) >= 11 is 0. The highest BCUT2D eigenvalue weighted by Crippen LogP contribution is 2.23. The Balaban J connectivity index is 2.73. The van der Waals surface area contributed by atoms with E-state index in [0.29, 0.717) is 17.1 Å². The molecule has 0 bridgehead atoms. The van der Waals surface area contributed by atoms with Crippen molar-refractivity contribution in [2.75, 3.05) is 24.7 Å². The molecule has 0 aliphatic rings. The third kappa shape index (κ3) is 2.55. The van der Waals surface area contributed by atoms with Crippen molar-refractivity contribution in [3.63, 3.8) is 0 Å². The molecule has 76 valence electrons. The zero-order valence-electron chi connectivity index (χ0n) is 7.78. The van der Waals surface area contributed by atoms with Gasteiger partial charge in [0.15, 0.2) is 0 Å². The Morgan fingerprint density at radius 1 is 1.64 bits per heavy atom. The molecule has 0 unspecified atom stereocenters. The molecule has 0 aliphatic carbocycles. The van der Waals surface area contributed by atoms with Crippen molar-refractivity contribution in [2.45, 2.75) is 0 Å². The average Bonchev–Trinajstić information content (AvgIpc) is 2.15. The maximum absolute atomic E-state index is 10.3. The lowest BCUT2D eigenvalue weighted by atomic mass is 10.2. The van der Waals surface area contributed by atoms with E-state index < -0.39 is 5.97 Å². The summed E-state index contributed by atoms with van der Waals surface area (Å²) in [5.41, 5.74) is 6.70. The van der Waals surface area contributed by atoms with Gasteiger partial charge >= 0.3 is 5.97 Å². The molecule has 0 aromatic heterocycles. The molecule has 0 amide bonds. The third-order valence-corrected chi connectivity index (χ3v) is 1.69. The summed E-state index contributed by atoms with van der Waals surface area (Å²) in [5.74, 6) is -0.288. The summed E-state index contributed by atoms with van der Waals surface area (Å²) in [4.78, 5) is 10.3. The van der Waals surface area contributed by atoms with Crippen LogP contribution in [0, 0.1) is 0 Å². The van der Waals surface area contributed by atoms with Crippen molar-refractivity contribution in [3.05, 3.63) is 18.2 Å². The van der Waals surface area contributed by atoms with Crippen LogP contribution in [-0.4, -0.2) is 24.7 Å². The van der Waals surface area contributed by atoms with Gasteiger partial charge in [0, 0.05) is 6.07 Å². The van der Waals surface area contributed by atoms with Crippen LogP contribution in [0.15, 0.2) is 18.2 Å². The number of nitrogens with one attached hydrogen (secondary N) is 1. The fourth-order valence-electron chi connectivity index (χ4n) is 1.000. The van der Waals surface area contributed by atoms with Crippen molar-refractivity contribution in [2.24, 2.45) is 0 Å². The smallest absolute Gasteiger partial charge is 0.322 e. The predicted molar refractivity (Wildman–Crippen MR) is 53.5 cm³/mol. The van der Waals surface area contributed by atoms with Crippen LogP contribution < -0.4 is 15.8 Å². The maximum atomic E-state index is 10.3. The Morgan fingerprint density at radius 2 is 2.36 bits per heavy atom. The molecule has 0 radical (unpaired) electrons. The van der Waals surface area contributed by atoms with Crippen LogP contribution in [0.2, 0.25) is 0 Å². The van der Waals surface area contributed by atoms with Gasteiger partial charge in [0.05, 0.1) is 18.5 Å². The topological polar surface area (TPSA) is 84.6 Å². The monoisotopic (exact) mass is 196 g/mol.